The van der Waals surface area contributed by atoms with Crippen LogP contribution in [0.4, 0.5) is 23.2 Å². The Kier molecular flexibility index (Phi) is 5.26. The average molecular weight is 327 g/mol. The van der Waals surface area contributed by atoms with Gasteiger partial charge in [0.1, 0.15) is 5.82 Å². The quantitative estimate of drug-likeness (QED) is 0.837. The van der Waals surface area contributed by atoms with Crippen LogP contribution in [-0.2, 0) is 6.54 Å². The average Bonchev–Trinajstić information content (AvgIpc) is 2.47. The zero-order valence-electron chi connectivity index (χ0n) is 12.5. The van der Waals surface area contributed by atoms with Gasteiger partial charge in [-0.05, 0) is 30.7 Å². The van der Waals surface area contributed by atoms with Crippen LogP contribution in [0.25, 0.3) is 0 Å². The van der Waals surface area contributed by atoms with Crippen LogP contribution in [0.1, 0.15) is 11.1 Å². The van der Waals surface area contributed by atoms with Gasteiger partial charge in [-0.3, -0.25) is 0 Å². The van der Waals surface area contributed by atoms with E-state index in [0.29, 0.717) is 0 Å². The molecule has 0 spiro atoms. The third-order valence-electron chi connectivity index (χ3n) is 3.44. The van der Waals surface area contributed by atoms with Crippen molar-refractivity contribution in [3.63, 3.8) is 0 Å². The molecule has 2 rings (SSSR count). The van der Waals surface area contributed by atoms with Crippen LogP contribution >= 0.6 is 0 Å². The lowest BCUT2D eigenvalue weighted by Crippen LogP contribution is -2.40. The van der Waals surface area contributed by atoms with Gasteiger partial charge in [-0.1, -0.05) is 35.9 Å². The molecule has 0 aliphatic carbocycles. The van der Waals surface area contributed by atoms with Gasteiger partial charge >= 0.3 is 6.18 Å². The van der Waals surface area contributed by atoms with Gasteiger partial charge in [0.2, 0.25) is 0 Å². The maximum atomic E-state index is 13.4. The van der Waals surface area contributed by atoms with E-state index < -0.39 is 24.6 Å². The van der Waals surface area contributed by atoms with E-state index in [1.807, 2.05) is 19.1 Å². The van der Waals surface area contributed by atoms with E-state index in [2.05, 4.69) is 0 Å². The summed E-state index contributed by atoms with van der Waals surface area (Å²) in [4.78, 5) is 1.31. The molecule has 0 aromatic heterocycles. The van der Waals surface area contributed by atoms with Crippen LogP contribution < -0.4 is 4.90 Å². The first kappa shape index (κ1) is 17.3. The zero-order valence-corrected chi connectivity index (χ0v) is 12.5. The fourth-order valence-electron chi connectivity index (χ4n) is 2.16. The monoisotopic (exact) mass is 327 g/mol. The number of halogens is 4. The molecule has 23 heavy (non-hydrogen) atoms. The van der Waals surface area contributed by atoms with E-state index in [4.69, 9.17) is 0 Å². The highest BCUT2D eigenvalue weighted by atomic mass is 19.4. The van der Waals surface area contributed by atoms with Crippen molar-refractivity contribution in [3.8, 4) is 0 Å². The lowest BCUT2D eigenvalue weighted by molar-refractivity contribution is -0.200. The van der Waals surface area contributed by atoms with Crippen LogP contribution in [0.15, 0.2) is 48.5 Å². The predicted octanol–water partition coefficient (Wildman–Crippen LogP) is 4.06. The molecule has 2 aromatic carbocycles. The van der Waals surface area contributed by atoms with Gasteiger partial charge in [0.15, 0.2) is 6.10 Å². The number of benzene rings is 2. The first-order valence-electron chi connectivity index (χ1n) is 7.06. The Morgan fingerprint density at radius 1 is 1.09 bits per heavy atom. The molecule has 0 aliphatic rings. The Labute approximate surface area is 132 Å². The number of nitrogens with zero attached hydrogens (tertiary/aromatic N) is 1. The molecule has 0 saturated carbocycles. The smallest absolute Gasteiger partial charge is 0.382 e. The van der Waals surface area contributed by atoms with Crippen LogP contribution in [0, 0.1) is 12.7 Å². The number of aryl methyl sites for hydroxylation is 1. The van der Waals surface area contributed by atoms with E-state index in [-0.39, 0.29) is 12.2 Å². The normalized spacial score (nSPS) is 13.0. The van der Waals surface area contributed by atoms with E-state index in [1.165, 1.54) is 23.1 Å². The Bertz CT molecular complexity index is 640. The lowest BCUT2D eigenvalue weighted by atomic mass is 10.1. The molecule has 6 heteroatoms. The first-order chi connectivity index (χ1) is 10.8. The fourth-order valence-corrected chi connectivity index (χ4v) is 2.16. The fraction of sp³-hybridized carbons (Fsp3) is 0.294. The van der Waals surface area contributed by atoms with Crippen LogP contribution in [0.3, 0.4) is 0 Å². The summed E-state index contributed by atoms with van der Waals surface area (Å²) in [6.45, 7) is 1.37. The molecule has 124 valence electrons. The minimum absolute atomic E-state index is 0.136. The van der Waals surface area contributed by atoms with Crippen molar-refractivity contribution in [2.24, 2.45) is 0 Å². The lowest BCUT2D eigenvalue weighted by Gasteiger charge is -2.28. The molecule has 0 heterocycles. The van der Waals surface area contributed by atoms with Crippen molar-refractivity contribution in [3.05, 3.63) is 65.5 Å². The maximum absolute atomic E-state index is 13.4. The molecular formula is C17H17F4NO. The highest BCUT2D eigenvalue weighted by Gasteiger charge is 2.39. The number of alkyl halides is 3. The summed E-state index contributed by atoms with van der Waals surface area (Å²) < 4.78 is 51.3. The molecule has 0 saturated heterocycles. The summed E-state index contributed by atoms with van der Waals surface area (Å²) in [7, 11) is 0. The summed E-state index contributed by atoms with van der Waals surface area (Å²) >= 11 is 0. The SMILES string of the molecule is Cc1ccc(CN(C[C@@H](O)C(F)(F)F)c2cccc(F)c2)cc1. The minimum atomic E-state index is -4.72. The largest absolute Gasteiger partial charge is 0.416 e. The van der Waals surface area contributed by atoms with Crippen molar-refractivity contribution >= 4 is 5.69 Å². The summed E-state index contributed by atoms with van der Waals surface area (Å²) in [5.74, 6) is -0.544. The maximum Gasteiger partial charge on any atom is 0.416 e. The highest BCUT2D eigenvalue weighted by Crippen LogP contribution is 2.25. The Hall–Kier alpha value is -2.08. The molecule has 0 radical (unpaired) electrons. The molecule has 0 aliphatic heterocycles. The van der Waals surface area contributed by atoms with Crippen molar-refractivity contribution in [2.45, 2.75) is 25.7 Å². The first-order valence-corrected chi connectivity index (χ1v) is 7.06. The number of hydrogen-bond acceptors (Lipinski definition) is 2. The summed E-state index contributed by atoms with van der Waals surface area (Å²) in [5.41, 5.74) is 2.09. The number of aliphatic hydroxyl groups is 1. The Balaban J connectivity index is 2.25. The Morgan fingerprint density at radius 2 is 1.74 bits per heavy atom. The molecule has 2 aromatic rings. The number of anilines is 1. The van der Waals surface area contributed by atoms with Crippen molar-refractivity contribution in [1.82, 2.24) is 0 Å². The van der Waals surface area contributed by atoms with E-state index in [9.17, 15) is 22.7 Å². The minimum Gasteiger partial charge on any atom is -0.382 e. The van der Waals surface area contributed by atoms with E-state index in [1.54, 1.807) is 12.1 Å². The molecule has 1 atom stereocenters. The van der Waals surface area contributed by atoms with Crippen LogP contribution in [0.2, 0.25) is 0 Å². The van der Waals surface area contributed by atoms with Crippen molar-refractivity contribution in [2.75, 3.05) is 11.4 Å². The number of aliphatic hydroxyl groups excluding tert-OH is 1. The van der Waals surface area contributed by atoms with Gasteiger partial charge in [0, 0.05) is 12.2 Å². The third kappa shape index (κ3) is 4.96. The molecule has 0 unspecified atom stereocenters. The van der Waals surface area contributed by atoms with Gasteiger partial charge in [-0.15, -0.1) is 0 Å². The van der Waals surface area contributed by atoms with Gasteiger partial charge in [-0.2, -0.15) is 13.2 Å². The van der Waals surface area contributed by atoms with Gasteiger partial charge in [0.25, 0.3) is 0 Å². The van der Waals surface area contributed by atoms with E-state index >= 15 is 0 Å². The molecule has 0 amide bonds. The highest BCUT2D eigenvalue weighted by molar-refractivity contribution is 5.47. The molecule has 2 nitrogen and oxygen atoms in total. The number of hydrogen-bond donors (Lipinski definition) is 1. The number of rotatable bonds is 5. The van der Waals surface area contributed by atoms with E-state index in [0.717, 1.165) is 17.2 Å². The molecular weight excluding hydrogens is 310 g/mol. The van der Waals surface area contributed by atoms with Crippen molar-refractivity contribution in [1.29, 1.82) is 0 Å². The van der Waals surface area contributed by atoms with Gasteiger partial charge < -0.3 is 10.0 Å². The summed E-state index contributed by atoms with van der Waals surface area (Å²) in [6, 6.07) is 12.6. The molecule has 0 bridgehead atoms. The van der Waals surface area contributed by atoms with Crippen LogP contribution in [0.5, 0.6) is 0 Å². The standard InChI is InChI=1S/C17H17F4NO/c1-12-5-7-13(8-6-12)10-22(11-16(23)17(19,20)21)15-4-2-3-14(18)9-15/h2-9,16,23H,10-11H2,1H3/t16-/m1/s1. The van der Waals surface area contributed by atoms with Gasteiger partial charge in [-0.25, -0.2) is 4.39 Å². The third-order valence-corrected chi connectivity index (χ3v) is 3.44. The zero-order chi connectivity index (χ0) is 17.0. The topological polar surface area (TPSA) is 23.5 Å². The molecule has 0 fully saturated rings. The second kappa shape index (κ2) is 7.00. The van der Waals surface area contributed by atoms with Crippen LogP contribution in [-0.4, -0.2) is 23.9 Å². The predicted molar refractivity (Wildman–Crippen MR) is 80.7 cm³/mol. The summed E-state index contributed by atoms with van der Waals surface area (Å²) in [5, 5.41) is 9.35. The van der Waals surface area contributed by atoms with Gasteiger partial charge in [0.05, 0.1) is 6.54 Å². The van der Waals surface area contributed by atoms with Crippen molar-refractivity contribution < 1.29 is 22.7 Å². The second-order valence-corrected chi connectivity index (χ2v) is 5.40. The summed E-state index contributed by atoms with van der Waals surface area (Å²) in [6.07, 6.45) is -7.23. The second-order valence-electron chi connectivity index (χ2n) is 5.40. The Morgan fingerprint density at radius 3 is 2.30 bits per heavy atom. The molecule has 1 N–H and O–H groups in total.